The summed E-state index contributed by atoms with van der Waals surface area (Å²) in [6.45, 7) is 3.16. The van der Waals surface area contributed by atoms with Crippen molar-refractivity contribution in [3.05, 3.63) is 35.6 Å². The highest BCUT2D eigenvalue weighted by Gasteiger charge is 2.10. The molecule has 1 unspecified atom stereocenters. The number of benzene rings is 1. The molecule has 1 aromatic rings. The third-order valence-electron chi connectivity index (χ3n) is 3.43. The zero-order valence-electron chi connectivity index (χ0n) is 11.7. The van der Waals surface area contributed by atoms with Crippen LogP contribution in [0.2, 0.25) is 0 Å². The van der Waals surface area contributed by atoms with Gasteiger partial charge in [-0.05, 0) is 37.1 Å². The van der Waals surface area contributed by atoms with E-state index in [-0.39, 0.29) is 5.82 Å². The molecule has 0 aliphatic heterocycles. The van der Waals surface area contributed by atoms with Crippen LogP contribution in [0.1, 0.15) is 56.9 Å². The van der Waals surface area contributed by atoms with Gasteiger partial charge < -0.3 is 5.32 Å². The van der Waals surface area contributed by atoms with Gasteiger partial charge in [0.05, 0.1) is 0 Å². The summed E-state index contributed by atoms with van der Waals surface area (Å²) in [7, 11) is 1.96. The quantitative estimate of drug-likeness (QED) is 0.638. The van der Waals surface area contributed by atoms with Crippen molar-refractivity contribution in [3.8, 4) is 0 Å². The first-order chi connectivity index (χ1) is 8.77. The van der Waals surface area contributed by atoms with Crippen LogP contribution in [0, 0.1) is 5.82 Å². The second kappa shape index (κ2) is 9.09. The number of hydrogen-bond donors (Lipinski definition) is 1. The van der Waals surface area contributed by atoms with Gasteiger partial charge in [0.15, 0.2) is 0 Å². The molecule has 1 N–H and O–H groups in total. The van der Waals surface area contributed by atoms with Gasteiger partial charge in [-0.25, -0.2) is 4.39 Å². The topological polar surface area (TPSA) is 12.0 Å². The molecule has 1 nitrogen and oxygen atoms in total. The van der Waals surface area contributed by atoms with Gasteiger partial charge in [-0.1, -0.05) is 51.2 Å². The minimum absolute atomic E-state index is 0.125. The first-order valence-electron chi connectivity index (χ1n) is 7.18. The van der Waals surface area contributed by atoms with E-state index in [1.54, 1.807) is 6.07 Å². The summed E-state index contributed by atoms with van der Waals surface area (Å²) in [5, 5.41) is 3.22. The number of nitrogens with one attached hydrogen (secondary N) is 1. The molecular weight excluding hydrogens is 225 g/mol. The molecule has 2 heteroatoms. The maximum absolute atomic E-state index is 13.2. The normalized spacial score (nSPS) is 12.6. The van der Waals surface area contributed by atoms with Crippen LogP contribution in [-0.4, -0.2) is 13.6 Å². The highest BCUT2D eigenvalue weighted by Crippen LogP contribution is 2.22. The molecule has 0 bridgehead atoms. The van der Waals surface area contributed by atoms with Gasteiger partial charge in [-0.3, -0.25) is 0 Å². The third-order valence-corrected chi connectivity index (χ3v) is 3.43. The maximum atomic E-state index is 13.2. The van der Waals surface area contributed by atoms with Crippen LogP contribution in [0.5, 0.6) is 0 Å². The molecule has 0 radical (unpaired) electrons. The van der Waals surface area contributed by atoms with Crippen LogP contribution >= 0.6 is 0 Å². The summed E-state index contributed by atoms with van der Waals surface area (Å²) >= 11 is 0. The van der Waals surface area contributed by atoms with Gasteiger partial charge in [0.25, 0.3) is 0 Å². The zero-order chi connectivity index (χ0) is 13.2. The monoisotopic (exact) mass is 251 g/mol. The van der Waals surface area contributed by atoms with Crippen molar-refractivity contribution >= 4 is 0 Å². The van der Waals surface area contributed by atoms with E-state index in [0.29, 0.717) is 5.92 Å². The van der Waals surface area contributed by atoms with E-state index in [0.717, 1.165) is 18.5 Å². The largest absolute Gasteiger partial charge is 0.319 e. The van der Waals surface area contributed by atoms with E-state index >= 15 is 0 Å². The Morgan fingerprint density at radius 3 is 2.61 bits per heavy atom. The maximum Gasteiger partial charge on any atom is 0.123 e. The van der Waals surface area contributed by atoms with E-state index < -0.39 is 0 Å². The molecule has 0 amide bonds. The molecule has 0 aliphatic carbocycles. The standard InChI is InChI=1S/C16H26FN/c1-3-4-5-6-7-9-15(13-18-2)14-10-8-11-16(17)12-14/h8,10-12,15,18H,3-7,9,13H2,1-2H3. The second-order valence-electron chi connectivity index (χ2n) is 5.01. The van der Waals surface area contributed by atoms with Gasteiger partial charge in [-0.15, -0.1) is 0 Å². The Kier molecular flexibility index (Phi) is 7.66. The summed E-state index contributed by atoms with van der Waals surface area (Å²) in [4.78, 5) is 0. The van der Waals surface area contributed by atoms with Crippen LogP contribution in [0.15, 0.2) is 24.3 Å². The van der Waals surface area contributed by atoms with E-state index in [1.165, 1.54) is 38.2 Å². The fourth-order valence-corrected chi connectivity index (χ4v) is 2.39. The van der Waals surface area contributed by atoms with Gasteiger partial charge in [0.2, 0.25) is 0 Å². The fourth-order valence-electron chi connectivity index (χ4n) is 2.39. The molecule has 1 atom stereocenters. The van der Waals surface area contributed by atoms with Crippen LogP contribution in [-0.2, 0) is 0 Å². The minimum Gasteiger partial charge on any atom is -0.319 e. The molecular formula is C16H26FN. The van der Waals surface area contributed by atoms with E-state index in [2.05, 4.69) is 12.2 Å². The first kappa shape index (κ1) is 15.2. The Morgan fingerprint density at radius 2 is 1.94 bits per heavy atom. The summed E-state index contributed by atoms with van der Waals surface area (Å²) in [6.07, 6.45) is 7.62. The molecule has 0 saturated carbocycles. The highest BCUT2D eigenvalue weighted by atomic mass is 19.1. The van der Waals surface area contributed by atoms with Crippen molar-refractivity contribution in [2.45, 2.75) is 51.4 Å². The average Bonchev–Trinajstić information content (AvgIpc) is 2.37. The SMILES string of the molecule is CCCCCCCC(CNC)c1cccc(F)c1. The van der Waals surface area contributed by atoms with Crippen LogP contribution in [0.4, 0.5) is 4.39 Å². The number of hydrogen-bond acceptors (Lipinski definition) is 1. The Morgan fingerprint density at radius 1 is 1.17 bits per heavy atom. The van der Waals surface area contributed by atoms with Crippen molar-refractivity contribution in [1.29, 1.82) is 0 Å². The third kappa shape index (κ3) is 5.63. The smallest absolute Gasteiger partial charge is 0.123 e. The first-order valence-corrected chi connectivity index (χ1v) is 7.18. The molecule has 0 aromatic heterocycles. The Labute approximate surface area is 111 Å². The molecule has 1 aromatic carbocycles. The van der Waals surface area contributed by atoms with Crippen LogP contribution in [0.25, 0.3) is 0 Å². The van der Waals surface area contributed by atoms with Crippen molar-refractivity contribution in [3.63, 3.8) is 0 Å². The minimum atomic E-state index is -0.125. The van der Waals surface area contributed by atoms with E-state index in [4.69, 9.17) is 0 Å². The zero-order valence-corrected chi connectivity index (χ0v) is 11.7. The molecule has 0 fully saturated rings. The average molecular weight is 251 g/mol. The van der Waals surface area contributed by atoms with Gasteiger partial charge >= 0.3 is 0 Å². The van der Waals surface area contributed by atoms with E-state index in [9.17, 15) is 4.39 Å². The Bertz CT molecular complexity index is 325. The second-order valence-corrected chi connectivity index (χ2v) is 5.01. The number of rotatable bonds is 9. The summed E-state index contributed by atoms with van der Waals surface area (Å²) in [5.41, 5.74) is 1.12. The summed E-state index contributed by atoms with van der Waals surface area (Å²) < 4.78 is 13.2. The van der Waals surface area contributed by atoms with Crippen molar-refractivity contribution in [1.82, 2.24) is 5.32 Å². The predicted molar refractivity (Wildman–Crippen MR) is 76.4 cm³/mol. The summed E-state index contributed by atoms with van der Waals surface area (Å²) in [6, 6.07) is 7.04. The predicted octanol–water partition coefficient (Wildman–Crippen LogP) is 4.49. The highest BCUT2D eigenvalue weighted by molar-refractivity contribution is 5.21. The lowest BCUT2D eigenvalue weighted by atomic mass is 9.93. The van der Waals surface area contributed by atoms with Crippen molar-refractivity contribution < 1.29 is 4.39 Å². The molecule has 0 saturated heterocycles. The molecule has 0 spiro atoms. The molecule has 18 heavy (non-hydrogen) atoms. The van der Waals surface area contributed by atoms with Crippen LogP contribution in [0.3, 0.4) is 0 Å². The van der Waals surface area contributed by atoms with Gasteiger partial charge in [0.1, 0.15) is 5.82 Å². The fraction of sp³-hybridized carbons (Fsp3) is 0.625. The number of unbranched alkanes of at least 4 members (excludes halogenated alkanes) is 4. The lowest BCUT2D eigenvalue weighted by Crippen LogP contribution is -2.17. The summed E-state index contributed by atoms with van der Waals surface area (Å²) in [5.74, 6) is 0.312. The Balaban J connectivity index is 2.44. The number of likely N-dealkylation sites (N-methyl/N-ethyl adjacent to an activating group) is 1. The molecule has 102 valence electrons. The van der Waals surface area contributed by atoms with Crippen molar-refractivity contribution in [2.24, 2.45) is 0 Å². The van der Waals surface area contributed by atoms with Gasteiger partial charge in [0, 0.05) is 6.54 Å². The molecule has 0 heterocycles. The lowest BCUT2D eigenvalue weighted by molar-refractivity contribution is 0.523. The van der Waals surface area contributed by atoms with Crippen LogP contribution < -0.4 is 5.32 Å². The molecule has 0 aliphatic rings. The van der Waals surface area contributed by atoms with Crippen molar-refractivity contribution in [2.75, 3.05) is 13.6 Å². The van der Waals surface area contributed by atoms with Gasteiger partial charge in [-0.2, -0.15) is 0 Å². The van der Waals surface area contributed by atoms with E-state index in [1.807, 2.05) is 19.2 Å². The number of halogens is 1. The lowest BCUT2D eigenvalue weighted by Gasteiger charge is -2.17. The molecule has 1 rings (SSSR count). The Hall–Kier alpha value is -0.890.